The van der Waals surface area contributed by atoms with Gasteiger partial charge in [-0.3, -0.25) is 4.99 Å². The van der Waals surface area contributed by atoms with Crippen molar-refractivity contribution in [3.8, 4) is 11.5 Å². The van der Waals surface area contributed by atoms with E-state index in [4.69, 9.17) is 21.1 Å². The van der Waals surface area contributed by atoms with Gasteiger partial charge in [-0.15, -0.1) is 34.2 Å². The third kappa shape index (κ3) is 6.63. The lowest BCUT2D eigenvalue weighted by Crippen LogP contribution is -2.39. The molecule has 2 heterocycles. The topological polar surface area (TPSA) is 85.6 Å². The molecule has 1 aromatic heterocycles. The highest BCUT2D eigenvalue weighted by molar-refractivity contribution is 14.0. The van der Waals surface area contributed by atoms with Crippen LogP contribution in [0.2, 0.25) is 5.02 Å². The van der Waals surface area contributed by atoms with Gasteiger partial charge in [-0.2, -0.15) is 0 Å². The third-order valence-electron chi connectivity index (χ3n) is 4.33. The van der Waals surface area contributed by atoms with Gasteiger partial charge >= 0.3 is 0 Å². The Hall–Kier alpha value is -1.75. The molecule has 1 aliphatic rings. The Kier molecular flexibility index (Phi) is 9.79. The summed E-state index contributed by atoms with van der Waals surface area (Å²) in [6.07, 6.45) is 3.39. The van der Waals surface area contributed by atoms with Gasteiger partial charge in [0.2, 0.25) is 0 Å². The average Bonchev–Trinajstić information content (AvgIpc) is 3.15. The number of hydrogen-bond acceptors (Lipinski definition) is 5. The minimum absolute atomic E-state index is 0. The highest BCUT2D eigenvalue weighted by atomic mass is 127. The molecule has 2 aromatic rings. The molecule has 0 aliphatic carbocycles. The summed E-state index contributed by atoms with van der Waals surface area (Å²) in [4.78, 5) is 4.65. The highest BCUT2D eigenvalue weighted by Crippen LogP contribution is 2.38. The molecule has 0 unspecified atom stereocenters. The molecule has 160 valence electrons. The van der Waals surface area contributed by atoms with Crippen molar-refractivity contribution in [2.24, 2.45) is 4.99 Å². The van der Waals surface area contributed by atoms with Crippen LogP contribution in [-0.4, -0.2) is 53.6 Å². The van der Waals surface area contributed by atoms with E-state index in [1.54, 1.807) is 6.33 Å². The molecule has 0 atom stereocenters. The lowest BCUT2D eigenvalue weighted by atomic mass is 10.1. The Morgan fingerprint density at radius 3 is 2.86 bits per heavy atom. The van der Waals surface area contributed by atoms with E-state index < -0.39 is 0 Å². The van der Waals surface area contributed by atoms with Gasteiger partial charge in [0.05, 0.1) is 5.02 Å². The van der Waals surface area contributed by atoms with Crippen LogP contribution < -0.4 is 20.1 Å². The van der Waals surface area contributed by atoms with Crippen LogP contribution in [0.1, 0.15) is 25.2 Å². The fraction of sp³-hybridized carbons (Fsp3) is 0.526. The number of rotatable bonds is 8. The minimum atomic E-state index is 0. The number of hydrogen-bond donors (Lipinski definition) is 2. The van der Waals surface area contributed by atoms with Crippen LogP contribution in [0.5, 0.6) is 11.5 Å². The van der Waals surface area contributed by atoms with Crippen molar-refractivity contribution in [1.29, 1.82) is 0 Å². The molecule has 1 aliphatic heterocycles. The molecule has 0 spiro atoms. The predicted molar refractivity (Wildman–Crippen MR) is 125 cm³/mol. The molecule has 1 aromatic carbocycles. The summed E-state index contributed by atoms with van der Waals surface area (Å²) >= 11 is 6.30. The van der Waals surface area contributed by atoms with Crippen LogP contribution in [0.15, 0.2) is 23.5 Å². The van der Waals surface area contributed by atoms with Gasteiger partial charge < -0.3 is 24.7 Å². The maximum atomic E-state index is 6.30. The number of fused-ring (bicyclic) bond motifs is 1. The zero-order valence-corrected chi connectivity index (χ0v) is 19.9. The standard InChI is InChI=1S/C19H27ClN6O2.HI/c1-3-17-25-24-13-26(17)8-7-23-19(21-4-2)22-6-5-14-11-15(20)18-16(12-14)27-9-10-28-18;/h11-13H,3-10H2,1-2H3,(H2,21,22,23);1H. The van der Waals surface area contributed by atoms with Crippen LogP contribution in [0.4, 0.5) is 0 Å². The molecule has 0 fully saturated rings. The summed E-state index contributed by atoms with van der Waals surface area (Å²) in [5.41, 5.74) is 1.07. The molecule has 29 heavy (non-hydrogen) atoms. The van der Waals surface area contributed by atoms with E-state index >= 15 is 0 Å². The van der Waals surface area contributed by atoms with Crippen LogP contribution in [0.3, 0.4) is 0 Å². The number of aryl methyl sites for hydroxylation is 1. The SMILES string of the molecule is CCNC(=NCCc1cc(Cl)c2c(c1)OCCO2)NCCn1cnnc1CC.I. The molecule has 0 saturated heterocycles. The van der Waals surface area contributed by atoms with E-state index in [9.17, 15) is 0 Å². The van der Waals surface area contributed by atoms with Crippen molar-refractivity contribution in [2.45, 2.75) is 33.2 Å². The maximum Gasteiger partial charge on any atom is 0.191 e. The highest BCUT2D eigenvalue weighted by Gasteiger charge is 2.16. The second kappa shape index (κ2) is 12.1. The predicted octanol–water partition coefficient (Wildman–Crippen LogP) is 2.68. The summed E-state index contributed by atoms with van der Waals surface area (Å²) in [7, 11) is 0. The third-order valence-corrected chi connectivity index (χ3v) is 4.61. The van der Waals surface area contributed by atoms with E-state index in [2.05, 4.69) is 32.7 Å². The number of halogens is 2. The molecule has 0 bridgehead atoms. The summed E-state index contributed by atoms with van der Waals surface area (Å²) in [6, 6.07) is 3.90. The first-order chi connectivity index (χ1) is 13.7. The monoisotopic (exact) mass is 534 g/mol. The normalized spacial score (nSPS) is 13.0. The van der Waals surface area contributed by atoms with Gasteiger partial charge in [0.15, 0.2) is 17.5 Å². The van der Waals surface area contributed by atoms with Gasteiger partial charge in [-0.1, -0.05) is 18.5 Å². The van der Waals surface area contributed by atoms with Crippen molar-refractivity contribution in [3.05, 3.63) is 34.9 Å². The number of benzene rings is 1. The first kappa shape index (κ1) is 23.5. The molecule has 10 heteroatoms. The van der Waals surface area contributed by atoms with Gasteiger partial charge in [0.25, 0.3) is 0 Å². The Bertz CT molecular complexity index is 814. The van der Waals surface area contributed by atoms with E-state index in [1.807, 2.05) is 23.6 Å². The minimum Gasteiger partial charge on any atom is -0.486 e. The number of nitrogens with one attached hydrogen (secondary N) is 2. The Morgan fingerprint density at radius 2 is 2.07 bits per heavy atom. The van der Waals surface area contributed by atoms with Crippen molar-refractivity contribution in [1.82, 2.24) is 25.4 Å². The van der Waals surface area contributed by atoms with Crippen molar-refractivity contribution in [3.63, 3.8) is 0 Å². The molecule has 0 saturated carbocycles. The van der Waals surface area contributed by atoms with Gasteiger partial charge in [0.1, 0.15) is 25.4 Å². The summed E-state index contributed by atoms with van der Waals surface area (Å²) in [5.74, 6) is 3.12. The molecular formula is C19H28ClIN6O2. The van der Waals surface area contributed by atoms with Gasteiger partial charge in [-0.05, 0) is 31.0 Å². The van der Waals surface area contributed by atoms with Crippen molar-refractivity contribution in [2.75, 3.05) is 32.8 Å². The lowest BCUT2D eigenvalue weighted by Gasteiger charge is -2.20. The smallest absolute Gasteiger partial charge is 0.191 e. The summed E-state index contributed by atoms with van der Waals surface area (Å²) < 4.78 is 13.2. The Balaban J connectivity index is 0.00000300. The fourth-order valence-electron chi connectivity index (χ4n) is 2.98. The second-order valence-corrected chi connectivity index (χ2v) is 6.74. The average molecular weight is 535 g/mol. The summed E-state index contributed by atoms with van der Waals surface area (Å²) in [5, 5.41) is 15.3. The van der Waals surface area contributed by atoms with Crippen LogP contribution in [0, 0.1) is 0 Å². The quantitative estimate of drug-likeness (QED) is 0.308. The van der Waals surface area contributed by atoms with Crippen LogP contribution in [0.25, 0.3) is 0 Å². The molecule has 0 amide bonds. The molecule has 3 rings (SSSR count). The largest absolute Gasteiger partial charge is 0.486 e. The van der Waals surface area contributed by atoms with E-state index in [0.717, 1.165) is 49.8 Å². The summed E-state index contributed by atoms with van der Waals surface area (Å²) in [6.45, 7) is 8.17. The van der Waals surface area contributed by atoms with Crippen LogP contribution in [-0.2, 0) is 19.4 Å². The first-order valence-electron chi connectivity index (χ1n) is 9.68. The number of guanidine groups is 1. The van der Waals surface area contributed by atoms with E-state index in [-0.39, 0.29) is 24.0 Å². The zero-order chi connectivity index (χ0) is 19.8. The van der Waals surface area contributed by atoms with E-state index in [0.29, 0.717) is 36.3 Å². The van der Waals surface area contributed by atoms with E-state index in [1.165, 1.54) is 0 Å². The van der Waals surface area contributed by atoms with Gasteiger partial charge in [0, 0.05) is 32.6 Å². The number of aromatic nitrogens is 3. The number of ether oxygens (including phenoxy) is 2. The number of nitrogens with zero attached hydrogens (tertiary/aromatic N) is 4. The zero-order valence-electron chi connectivity index (χ0n) is 16.8. The maximum absolute atomic E-state index is 6.30. The van der Waals surface area contributed by atoms with Crippen LogP contribution >= 0.6 is 35.6 Å². The molecule has 8 nitrogen and oxygen atoms in total. The molecule has 2 N–H and O–H groups in total. The lowest BCUT2D eigenvalue weighted by molar-refractivity contribution is 0.171. The fourth-order valence-corrected chi connectivity index (χ4v) is 3.27. The van der Waals surface area contributed by atoms with Crippen molar-refractivity contribution >= 4 is 41.5 Å². The Labute approximate surface area is 193 Å². The molecule has 0 radical (unpaired) electrons. The first-order valence-corrected chi connectivity index (χ1v) is 10.1. The Morgan fingerprint density at radius 1 is 1.24 bits per heavy atom. The van der Waals surface area contributed by atoms with Crippen molar-refractivity contribution < 1.29 is 9.47 Å². The number of aliphatic imine (C=N–C) groups is 1. The second-order valence-electron chi connectivity index (χ2n) is 6.33. The molecular weight excluding hydrogens is 507 g/mol. The van der Waals surface area contributed by atoms with Gasteiger partial charge in [-0.25, -0.2) is 0 Å².